The molecule has 1 fully saturated rings. The van der Waals surface area contributed by atoms with E-state index in [1.54, 1.807) is 18.3 Å². The molecule has 0 saturated heterocycles. The van der Waals surface area contributed by atoms with Crippen molar-refractivity contribution in [3.63, 3.8) is 0 Å². The topological polar surface area (TPSA) is 142 Å². The number of hydrogen-bond acceptors (Lipinski definition) is 8. The molecule has 1 aliphatic rings. The Kier molecular flexibility index (Phi) is 6.84. The van der Waals surface area contributed by atoms with Gasteiger partial charge in [0.05, 0.1) is 10.1 Å². The lowest BCUT2D eigenvalue weighted by Gasteiger charge is -2.13. The third-order valence-corrected chi connectivity index (χ3v) is 8.58. The third kappa shape index (κ3) is 5.89. The van der Waals surface area contributed by atoms with Gasteiger partial charge in [0.25, 0.3) is 0 Å². The Labute approximate surface area is 199 Å². The van der Waals surface area contributed by atoms with Gasteiger partial charge in [0.15, 0.2) is 0 Å². The van der Waals surface area contributed by atoms with Crippen molar-refractivity contribution in [2.24, 2.45) is 0 Å². The lowest BCUT2D eigenvalue weighted by molar-refractivity contribution is 0.579. The average molecular weight is 503 g/mol. The highest BCUT2D eigenvalue weighted by Crippen LogP contribution is 2.28. The maximum absolute atomic E-state index is 12.1. The summed E-state index contributed by atoms with van der Waals surface area (Å²) in [6.07, 6.45) is 3.09. The second-order valence-electron chi connectivity index (χ2n) is 7.98. The van der Waals surface area contributed by atoms with Gasteiger partial charge in [-0.15, -0.1) is 0 Å². The van der Waals surface area contributed by atoms with E-state index in [4.69, 9.17) is 0 Å². The molecule has 0 aliphatic heterocycles. The van der Waals surface area contributed by atoms with Gasteiger partial charge < -0.3 is 10.6 Å². The van der Waals surface area contributed by atoms with E-state index in [1.807, 2.05) is 31.2 Å². The van der Waals surface area contributed by atoms with Crippen molar-refractivity contribution in [3.05, 3.63) is 65.9 Å². The number of sulfonamides is 2. The van der Waals surface area contributed by atoms with Crippen LogP contribution in [0.25, 0.3) is 0 Å². The first-order valence-electron chi connectivity index (χ1n) is 10.6. The number of aromatic nitrogens is 2. The standard InChI is InChI=1S/C22H26N6O4S2/c1-15-13-24-22(27-18-7-4-8-20(12-18)33(29,30)23-2)28-21(15)26-17-6-3-5-16(11-17)14-25-34(31,32)19-9-10-19/h3-8,11-13,19,23,25H,9-10,14H2,1-2H3,(H2,24,26,27,28). The van der Waals surface area contributed by atoms with E-state index >= 15 is 0 Å². The zero-order valence-corrected chi connectivity index (χ0v) is 20.4. The molecule has 1 aliphatic carbocycles. The lowest BCUT2D eigenvalue weighted by atomic mass is 10.2. The summed E-state index contributed by atoms with van der Waals surface area (Å²) < 4.78 is 53.2. The van der Waals surface area contributed by atoms with Gasteiger partial charge in [0, 0.05) is 29.7 Å². The maximum Gasteiger partial charge on any atom is 0.240 e. The molecule has 4 N–H and O–H groups in total. The Morgan fingerprint density at radius 3 is 2.38 bits per heavy atom. The molecule has 34 heavy (non-hydrogen) atoms. The summed E-state index contributed by atoms with van der Waals surface area (Å²) in [5.41, 5.74) is 2.90. The molecular weight excluding hydrogens is 476 g/mol. The van der Waals surface area contributed by atoms with E-state index in [2.05, 4.69) is 30.0 Å². The van der Waals surface area contributed by atoms with Crippen molar-refractivity contribution in [3.8, 4) is 0 Å². The zero-order chi connectivity index (χ0) is 24.3. The second kappa shape index (κ2) is 9.66. The largest absolute Gasteiger partial charge is 0.340 e. The normalized spacial score (nSPS) is 14.1. The number of aryl methyl sites for hydroxylation is 1. The molecule has 0 atom stereocenters. The van der Waals surface area contributed by atoms with Crippen LogP contribution in [-0.4, -0.2) is 39.1 Å². The van der Waals surface area contributed by atoms with Crippen LogP contribution in [0.4, 0.5) is 23.1 Å². The van der Waals surface area contributed by atoms with Gasteiger partial charge in [-0.2, -0.15) is 4.98 Å². The predicted molar refractivity (Wildman–Crippen MR) is 131 cm³/mol. The highest BCUT2D eigenvalue weighted by molar-refractivity contribution is 7.90. The van der Waals surface area contributed by atoms with Crippen LogP contribution in [0, 0.1) is 6.92 Å². The van der Waals surface area contributed by atoms with E-state index in [0.717, 1.165) is 29.7 Å². The molecule has 10 nitrogen and oxygen atoms in total. The van der Waals surface area contributed by atoms with Crippen LogP contribution in [0.15, 0.2) is 59.6 Å². The van der Waals surface area contributed by atoms with E-state index in [-0.39, 0.29) is 16.7 Å². The van der Waals surface area contributed by atoms with Crippen molar-refractivity contribution in [2.75, 3.05) is 17.7 Å². The number of rotatable bonds is 10. The van der Waals surface area contributed by atoms with Crippen LogP contribution >= 0.6 is 0 Å². The molecule has 1 aromatic heterocycles. The van der Waals surface area contributed by atoms with Crippen molar-refractivity contribution < 1.29 is 16.8 Å². The molecule has 0 bridgehead atoms. The summed E-state index contributed by atoms with van der Waals surface area (Å²) in [6.45, 7) is 2.08. The number of nitrogens with one attached hydrogen (secondary N) is 4. The minimum absolute atomic E-state index is 0.125. The van der Waals surface area contributed by atoms with E-state index < -0.39 is 20.0 Å². The summed E-state index contributed by atoms with van der Waals surface area (Å²) in [6, 6.07) is 13.8. The fourth-order valence-corrected chi connectivity index (χ4v) is 5.33. The molecule has 1 saturated carbocycles. The van der Waals surface area contributed by atoms with Gasteiger partial charge in [-0.05, 0) is 62.7 Å². The Morgan fingerprint density at radius 1 is 0.971 bits per heavy atom. The smallest absolute Gasteiger partial charge is 0.240 e. The van der Waals surface area contributed by atoms with Crippen LogP contribution in [-0.2, 0) is 26.6 Å². The Hall–Kier alpha value is -3.06. The average Bonchev–Trinajstić information content (AvgIpc) is 3.67. The van der Waals surface area contributed by atoms with E-state index in [9.17, 15) is 16.8 Å². The number of anilines is 4. The number of nitrogens with zero attached hydrogens (tertiary/aromatic N) is 2. The van der Waals surface area contributed by atoms with Gasteiger partial charge in [-0.25, -0.2) is 31.3 Å². The van der Waals surface area contributed by atoms with Crippen molar-refractivity contribution >= 4 is 43.2 Å². The number of hydrogen-bond donors (Lipinski definition) is 4. The molecule has 3 aromatic rings. The van der Waals surface area contributed by atoms with Crippen LogP contribution in [0.2, 0.25) is 0 Å². The first-order valence-corrected chi connectivity index (χ1v) is 13.7. The fraction of sp³-hybridized carbons (Fsp3) is 0.273. The SMILES string of the molecule is CNS(=O)(=O)c1cccc(Nc2ncc(C)c(Nc3cccc(CNS(=O)(=O)C4CC4)c3)n2)c1. The first-order chi connectivity index (χ1) is 16.2. The Morgan fingerprint density at radius 2 is 1.68 bits per heavy atom. The van der Waals surface area contributed by atoms with Gasteiger partial charge in [0.2, 0.25) is 26.0 Å². The highest BCUT2D eigenvalue weighted by Gasteiger charge is 2.35. The lowest BCUT2D eigenvalue weighted by Crippen LogP contribution is -2.26. The summed E-state index contributed by atoms with van der Waals surface area (Å²) in [5, 5.41) is 6.01. The van der Waals surface area contributed by atoms with Crippen LogP contribution in [0.3, 0.4) is 0 Å². The molecule has 0 spiro atoms. The highest BCUT2D eigenvalue weighted by atomic mass is 32.2. The van der Waals surface area contributed by atoms with Gasteiger partial charge in [-0.3, -0.25) is 0 Å². The molecule has 1 heterocycles. The molecule has 0 radical (unpaired) electrons. The monoisotopic (exact) mass is 502 g/mol. The fourth-order valence-electron chi connectivity index (χ4n) is 3.19. The summed E-state index contributed by atoms with van der Waals surface area (Å²) in [5.74, 6) is 0.854. The summed E-state index contributed by atoms with van der Waals surface area (Å²) in [4.78, 5) is 8.92. The van der Waals surface area contributed by atoms with Crippen LogP contribution < -0.4 is 20.1 Å². The molecule has 0 unspecified atom stereocenters. The zero-order valence-electron chi connectivity index (χ0n) is 18.7. The van der Waals surface area contributed by atoms with Crippen LogP contribution in [0.5, 0.6) is 0 Å². The Balaban J connectivity index is 1.48. The minimum atomic E-state index is -3.57. The third-order valence-electron chi connectivity index (χ3n) is 5.27. The molecule has 12 heteroatoms. The van der Waals surface area contributed by atoms with Gasteiger partial charge in [0.1, 0.15) is 5.82 Å². The molecular formula is C22H26N6O4S2. The summed E-state index contributed by atoms with van der Waals surface area (Å²) >= 11 is 0. The van der Waals surface area contributed by atoms with Gasteiger partial charge in [-0.1, -0.05) is 18.2 Å². The summed E-state index contributed by atoms with van der Waals surface area (Å²) in [7, 11) is -5.47. The van der Waals surface area contributed by atoms with Crippen molar-refractivity contribution in [1.29, 1.82) is 0 Å². The molecule has 4 rings (SSSR count). The molecule has 2 aromatic carbocycles. The minimum Gasteiger partial charge on any atom is -0.340 e. The second-order valence-corrected chi connectivity index (χ2v) is 11.9. The van der Waals surface area contributed by atoms with E-state index in [0.29, 0.717) is 17.5 Å². The first kappa shape index (κ1) is 24.1. The van der Waals surface area contributed by atoms with Crippen molar-refractivity contribution in [1.82, 2.24) is 19.4 Å². The maximum atomic E-state index is 12.1. The van der Waals surface area contributed by atoms with Crippen molar-refractivity contribution in [2.45, 2.75) is 36.5 Å². The molecule has 180 valence electrons. The number of benzene rings is 2. The quantitative estimate of drug-likeness (QED) is 0.332. The van der Waals surface area contributed by atoms with Gasteiger partial charge >= 0.3 is 0 Å². The van der Waals surface area contributed by atoms with E-state index in [1.165, 1.54) is 19.2 Å². The predicted octanol–water partition coefficient (Wildman–Crippen LogP) is 2.76. The molecule has 0 amide bonds. The van der Waals surface area contributed by atoms with Crippen LogP contribution in [0.1, 0.15) is 24.0 Å². The Bertz CT molecular complexity index is 1410.